The van der Waals surface area contributed by atoms with E-state index in [0.29, 0.717) is 0 Å². The fourth-order valence-electron chi connectivity index (χ4n) is 4.80. The number of carbonyl (C=O) groups is 1. The topological polar surface area (TPSA) is 42.0 Å². The Kier molecular flexibility index (Phi) is 6.11. The number of methoxy groups -OCH3 is 1. The zero-order chi connectivity index (χ0) is 21.3. The van der Waals surface area contributed by atoms with Crippen LogP contribution in [0.5, 0.6) is 5.75 Å². The minimum Gasteiger partial charge on any atom is -0.495 e. The van der Waals surface area contributed by atoms with Gasteiger partial charge in [0.15, 0.2) is 0 Å². The summed E-state index contributed by atoms with van der Waals surface area (Å²) in [5, 5.41) is 0. The summed E-state index contributed by atoms with van der Waals surface area (Å²) in [5.74, 6) is 0.816. The van der Waals surface area contributed by atoms with Gasteiger partial charge in [0.25, 0.3) is 5.91 Å². The molecule has 1 saturated heterocycles. The highest BCUT2D eigenvalue weighted by molar-refractivity contribution is 6.07. The molecule has 0 aromatic heterocycles. The number of ether oxygens (including phenoxy) is 2. The van der Waals surface area contributed by atoms with Crippen LogP contribution in [0.3, 0.4) is 0 Å². The first-order valence-electron chi connectivity index (χ1n) is 10.9. The van der Waals surface area contributed by atoms with Crippen LogP contribution in [0.25, 0.3) is 0 Å². The molecule has 4 rings (SSSR count). The summed E-state index contributed by atoms with van der Waals surface area (Å²) in [7, 11) is 1.67. The van der Waals surface area contributed by atoms with Gasteiger partial charge in [-0.05, 0) is 68.5 Å². The minimum atomic E-state index is 0.0417. The first-order chi connectivity index (χ1) is 14.5. The van der Waals surface area contributed by atoms with Gasteiger partial charge in [-0.15, -0.1) is 0 Å². The molecule has 2 unspecified atom stereocenters. The summed E-state index contributed by atoms with van der Waals surface area (Å²) in [6.45, 7) is 9.83. The van der Waals surface area contributed by atoms with Crippen LogP contribution in [-0.2, 0) is 17.7 Å². The highest BCUT2D eigenvalue weighted by atomic mass is 16.5. The smallest absolute Gasteiger partial charge is 0.258 e. The number of anilines is 1. The van der Waals surface area contributed by atoms with Crippen LogP contribution in [0.2, 0.25) is 0 Å². The lowest BCUT2D eigenvalue weighted by Gasteiger charge is -2.35. The van der Waals surface area contributed by atoms with Gasteiger partial charge in [-0.2, -0.15) is 0 Å². The Morgan fingerprint density at radius 2 is 1.80 bits per heavy atom. The second-order valence-electron chi connectivity index (χ2n) is 8.62. The molecule has 30 heavy (non-hydrogen) atoms. The van der Waals surface area contributed by atoms with Crippen molar-refractivity contribution in [3.63, 3.8) is 0 Å². The molecule has 2 atom stereocenters. The molecule has 0 spiro atoms. The standard InChI is InChI=1S/C25H32N2O3/c1-17-7-12-23(29-4)24-22(17)6-5-13-27(24)25(28)21-10-8-20(9-11-21)16-26-14-18(2)30-19(3)15-26/h7-12,18-19H,5-6,13-16H2,1-4H3. The van der Waals surface area contributed by atoms with E-state index in [-0.39, 0.29) is 18.1 Å². The van der Waals surface area contributed by atoms with E-state index >= 15 is 0 Å². The van der Waals surface area contributed by atoms with Crippen molar-refractivity contribution in [3.8, 4) is 5.75 Å². The normalized spacial score (nSPS) is 21.9. The Hall–Kier alpha value is -2.37. The van der Waals surface area contributed by atoms with E-state index in [2.05, 4.69) is 43.9 Å². The Balaban J connectivity index is 1.52. The lowest BCUT2D eigenvalue weighted by Crippen LogP contribution is -2.44. The second-order valence-corrected chi connectivity index (χ2v) is 8.62. The maximum atomic E-state index is 13.4. The molecule has 5 nitrogen and oxygen atoms in total. The SMILES string of the molecule is COc1ccc(C)c2c1N(C(=O)c1ccc(CN3CC(C)OC(C)C3)cc1)CCC2. The molecule has 2 aliphatic rings. The molecule has 1 fully saturated rings. The summed E-state index contributed by atoms with van der Waals surface area (Å²) in [5.41, 5.74) is 5.32. The Labute approximate surface area is 179 Å². The molecule has 5 heteroatoms. The molecule has 2 aliphatic heterocycles. The Morgan fingerprint density at radius 3 is 2.47 bits per heavy atom. The number of amides is 1. The van der Waals surface area contributed by atoms with Crippen LogP contribution in [0, 0.1) is 6.92 Å². The molecule has 1 amide bonds. The number of hydrogen-bond donors (Lipinski definition) is 0. The van der Waals surface area contributed by atoms with Gasteiger partial charge in [0.2, 0.25) is 0 Å². The third-order valence-corrected chi connectivity index (χ3v) is 6.13. The zero-order valence-corrected chi connectivity index (χ0v) is 18.5. The number of aryl methyl sites for hydroxylation is 1. The lowest BCUT2D eigenvalue weighted by molar-refractivity contribution is -0.0704. The second kappa shape index (κ2) is 8.78. The van der Waals surface area contributed by atoms with Crippen molar-refractivity contribution < 1.29 is 14.3 Å². The summed E-state index contributed by atoms with van der Waals surface area (Å²) < 4.78 is 11.4. The van der Waals surface area contributed by atoms with Crippen LogP contribution in [0.4, 0.5) is 5.69 Å². The van der Waals surface area contributed by atoms with E-state index < -0.39 is 0 Å². The quantitative estimate of drug-likeness (QED) is 0.760. The molecule has 0 saturated carbocycles. The molecule has 2 aromatic carbocycles. The average molecular weight is 409 g/mol. The predicted molar refractivity (Wildman–Crippen MR) is 119 cm³/mol. The summed E-state index contributed by atoms with van der Waals surface area (Å²) in [6, 6.07) is 12.1. The molecule has 0 aliphatic carbocycles. The van der Waals surface area contributed by atoms with E-state index in [1.54, 1.807) is 7.11 Å². The molecule has 0 bridgehead atoms. The molecular weight excluding hydrogens is 376 g/mol. The predicted octanol–water partition coefficient (Wildman–Crippen LogP) is 4.21. The van der Waals surface area contributed by atoms with Crippen LogP contribution in [-0.4, -0.2) is 49.8 Å². The molecular formula is C25H32N2O3. The van der Waals surface area contributed by atoms with E-state index in [1.807, 2.05) is 23.1 Å². The first kappa shape index (κ1) is 20.9. The van der Waals surface area contributed by atoms with Crippen LogP contribution in [0.1, 0.15) is 47.3 Å². The van der Waals surface area contributed by atoms with Gasteiger partial charge in [-0.1, -0.05) is 18.2 Å². The van der Waals surface area contributed by atoms with Gasteiger partial charge in [0.05, 0.1) is 25.0 Å². The maximum absolute atomic E-state index is 13.4. The van der Waals surface area contributed by atoms with Gasteiger partial charge in [0.1, 0.15) is 5.75 Å². The highest BCUT2D eigenvalue weighted by Crippen LogP contribution is 2.38. The number of benzene rings is 2. The Bertz CT molecular complexity index is 899. The van der Waals surface area contributed by atoms with E-state index in [1.165, 1.54) is 16.7 Å². The number of carbonyl (C=O) groups excluding carboxylic acids is 1. The average Bonchev–Trinajstić information content (AvgIpc) is 2.73. The highest BCUT2D eigenvalue weighted by Gasteiger charge is 2.28. The third-order valence-electron chi connectivity index (χ3n) is 6.13. The van der Waals surface area contributed by atoms with Gasteiger partial charge < -0.3 is 14.4 Å². The Morgan fingerprint density at radius 1 is 1.10 bits per heavy atom. The number of hydrogen-bond acceptors (Lipinski definition) is 4. The number of rotatable bonds is 4. The summed E-state index contributed by atoms with van der Waals surface area (Å²) >= 11 is 0. The van der Waals surface area contributed by atoms with Crippen molar-refractivity contribution in [2.24, 2.45) is 0 Å². The van der Waals surface area contributed by atoms with Crippen LogP contribution >= 0.6 is 0 Å². The number of morpholine rings is 1. The van der Waals surface area contributed by atoms with Crippen molar-refractivity contribution >= 4 is 11.6 Å². The molecule has 2 aromatic rings. The van der Waals surface area contributed by atoms with Crippen molar-refractivity contribution in [2.45, 2.75) is 52.4 Å². The summed E-state index contributed by atoms with van der Waals surface area (Å²) in [4.78, 5) is 17.7. The monoisotopic (exact) mass is 408 g/mol. The van der Waals surface area contributed by atoms with Gasteiger partial charge in [-0.3, -0.25) is 9.69 Å². The largest absolute Gasteiger partial charge is 0.495 e. The number of fused-ring (bicyclic) bond motifs is 1. The van der Waals surface area contributed by atoms with Crippen molar-refractivity contribution in [2.75, 3.05) is 31.6 Å². The first-order valence-corrected chi connectivity index (χ1v) is 10.9. The van der Waals surface area contributed by atoms with Crippen LogP contribution in [0.15, 0.2) is 36.4 Å². The summed E-state index contributed by atoms with van der Waals surface area (Å²) in [6.07, 6.45) is 2.47. The van der Waals surface area contributed by atoms with E-state index in [4.69, 9.17) is 9.47 Å². The molecule has 0 N–H and O–H groups in total. The maximum Gasteiger partial charge on any atom is 0.258 e. The fourth-order valence-corrected chi connectivity index (χ4v) is 4.80. The van der Waals surface area contributed by atoms with E-state index in [0.717, 1.165) is 56.0 Å². The fraction of sp³-hybridized carbons (Fsp3) is 0.480. The molecule has 2 heterocycles. The molecule has 0 radical (unpaired) electrons. The van der Waals surface area contributed by atoms with Gasteiger partial charge in [0, 0.05) is 31.7 Å². The molecule has 160 valence electrons. The van der Waals surface area contributed by atoms with Crippen LogP contribution < -0.4 is 9.64 Å². The van der Waals surface area contributed by atoms with Crippen molar-refractivity contribution in [3.05, 3.63) is 58.7 Å². The minimum absolute atomic E-state index is 0.0417. The lowest BCUT2D eigenvalue weighted by atomic mass is 9.95. The van der Waals surface area contributed by atoms with Crippen molar-refractivity contribution in [1.29, 1.82) is 0 Å². The van der Waals surface area contributed by atoms with E-state index in [9.17, 15) is 4.79 Å². The third kappa shape index (κ3) is 4.23. The van der Waals surface area contributed by atoms with Gasteiger partial charge in [-0.25, -0.2) is 0 Å². The zero-order valence-electron chi connectivity index (χ0n) is 18.5. The van der Waals surface area contributed by atoms with Gasteiger partial charge >= 0.3 is 0 Å². The number of nitrogens with zero attached hydrogens (tertiary/aromatic N) is 2. The van der Waals surface area contributed by atoms with Crippen molar-refractivity contribution in [1.82, 2.24) is 4.90 Å².